The third kappa shape index (κ3) is 3.33. The van der Waals surface area contributed by atoms with Gasteiger partial charge in [0.05, 0.1) is 0 Å². The highest BCUT2D eigenvalue weighted by Crippen LogP contribution is 2.18. The van der Waals surface area contributed by atoms with Gasteiger partial charge in [0.15, 0.2) is 0 Å². The Bertz CT molecular complexity index is 378. The van der Waals surface area contributed by atoms with Gasteiger partial charge in [-0.25, -0.2) is 4.98 Å². The Morgan fingerprint density at radius 1 is 1.31 bits per heavy atom. The van der Waals surface area contributed by atoms with Crippen LogP contribution in [0.25, 0.3) is 0 Å². The van der Waals surface area contributed by atoms with E-state index < -0.39 is 5.41 Å². The molecule has 0 fully saturated rings. The molecule has 1 amide bonds. The maximum absolute atomic E-state index is 11.8. The molecule has 0 spiro atoms. The van der Waals surface area contributed by atoms with Gasteiger partial charge in [-0.1, -0.05) is 40.7 Å². The number of pyridine rings is 1. The molecule has 0 aliphatic heterocycles. The third-order valence-electron chi connectivity index (χ3n) is 2.28. The summed E-state index contributed by atoms with van der Waals surface area (Å²) in [5, 5.41) is 2.83. The van der Waals surface area contributed by atoms with E-state index in [9.17, 15) is 4.79 Å². The van der Waals surface area contributed by atoms with Crippen molar-refractivity contribution in [1.82, 2.24) is 4.98 Å². The van der Waals surface area contributed by atoms with Crippen molar-refractivity contribution < 1.29 is 4.79 Å². The van der Waals surface area contributed by atoms with Crippen LogP contribution in [-0.2, 0) is 4.79 Å². The van der Waals surface area contributed by atoms with Gasteiger partial charge < -0.3 is 5.32 Å². The van der Waals surface area contributed by atoms with Crippen LogP contribution in [0.5, 0.6) is 0 Å². The molecule has 3 heteroatoms. The van der Waals surface area contributed by atoms with Crippen LogP contribution < -0.4 is 5.32 Å². The first-order valence-electron chi connectivity index (χ1n) is 5.59. The number of nitrogens with one attached hydrogen (secondary N) is 1. The zero-order valence-electron chi connectivity index (χ0n) is 10.7. The van der Waals surface area contributed by atoms with Gasteiger partial charge in [0.25, 0.3) is 0 Å². The topological polar surface area (TPSA) is 42.0 Å². The molecular formula is C13H20N2O. The predicted octanol–water partition coefficient (Wildman–Crippen LogP) is 3.19. The van der Waals surface area contributed by atoms with Gasteiger partial charge in [-0.2, -0.15) is 0 Å². The summed E-state index contributed by atoms with van der Waals surface area (Å²) in [5.74, 6) is 0.985. The van der Waals surface area contributed by atoms with E-state index in [1.54, 1.807) is 0 Å². The molecular weight excluding hydrogens is 200 g/mol. The molecule has 0 unspecified atom stereocenters. The highest BCUT2D eigenvalue weighted by molar-refractivity contribution is 5.93. The fourth-order valence-electron chi connectivity index (χ4n) is 1.15. The number of anilines is 1. The summed E-state index contributed by atoms with van der Waals surface area (Å²) in [6.07, 6.45) is 0. The number of nitrogens with zero attached hydrogens (tertiary/aromatic N) is 1. The van der Waals surface area contributed by atoms with Crippen molar-refractivity contribution in [2.24, 2.45) is 5.41 Å². The summed E-state index contributed by atoms with van der Waals surface area (Å²) in [6.45, 7) is 9.81. The normalized spacial score (nSPS) is 11.6. The largest absolute Gasteiger partial charge is 0.310 e. The van der Waals surface area contributed by atoms with Crippen molar-refractivity contribution in [2.75, 3.05) is 5.32 Å². The van der Waals surface area contributed by atoms with Gasteiger partial charge >= 0.3 is 0 Å². The first-order chi connectivity index (χ1) is 7.30. The van der Waals surface area contributed by atoms with E-state index in [-0.39, 0.29) is 5.91 Å². The fraction of sp³-hybridized carbons (Fsp3) is 0.538. The number of carbonyl (C=O) groups excluding carboxylic acids is 1. The van der Waals surface area contributed by atoms with Gasteiger partial charge in [0, 0.05) is 11.1 Å². The molecule has 1 heterocycles. The molecule has 1 rings (SSSR count). The highest BCUT2D eigenvalue weighted by atomic mass is 16.2. The van der Waals surface area contributed by atoms with Gasteiger partial charge in [-0.15, -0.1) is 0 Å². The number of hydrogen-bond acceptors (Lipinski definition) is 2. The first-order valence-corrected chi connectivity index (χ1v) is 5.59. The molecule has 0 radical (unpaired) electrons. The minimum absolute atomic E-state index is 0.0130. The van der Waals surface area contributed by atoms with Gasteiger partial charge in [-0.3, -0.25) is 4.79 Å². The maximum Gasteiger partial charge on any atom is 0.230 e. The molecule has 0 aliphatic rings. The third-order valence-corrected chi connectivity index (χ3v) is 2.28. The summed E-state index contributed by atoms with van der Waals surface area (Å²) in [7, 11) is 0. The minimum Gasteiger partial charge on any atom is -0.310 e. The highest BCUT2D eigenvalue weighted by Gasteiger charge is 2.21. The van der Waals surface area contributed by atoms with Crippen LogP contribution in [0.4, 0.5) is 5.82 Å². The van der Waals surface area contributed by atoms with E-state index in [2.05, 4.69) is 24.1 Å². The summed E-state index contributed by atoms with van der Waals surface area (Å²) >= 11 is 0. The molecule has 0 bridgehead atoms. The lowest BCUT2D eigenvalue weighted by Crippen LogP contribution is -2.28. The van der Waals surface area contributed by atoms with E-state index in [0.717, 1.165) is 5.69 Å². The number of amides is 1. The molecule has 1 aromatic rings. The summed E-state index contributed by atoms with van der Waals surface area (Å²) in [4.78, 5) is 16.2. The Hall–Kier alpha value is -1.38. The van der Waals surface area contributed by atoms with Crippen molar-refractivity contribution in [3.63, 3.8) is 0 Å². The molecule has 0 saturated carbocycles. The van der Waals surface area contributed by atoms with E-state index in [1.165, 1.54) is 0 Å². The van der Waals surface area contributed by atoms with Crippen LogP contribution in [0.2, 0.25) is 0 Å². The molecule has 3 nitrogen and oxygen atoms in total. The van der Waals surface area contributed by atoms with Crippen molar-refractivity contribution in [3.05, 3.63) is 23.9 Å². The Kier molecular flexibility index (Phi) is 3.68. The van der Waals surface area contributed by atoms with Crippen LogP contribution in [0.1, 0.15) is 46.2 Å². The number of aromatic nitrogens is 1. The molecule has 16 heavy (non-hydrogen) atoms. The molecule has 0 saturated heterocycles. The van der Waals surface area contributed by atoms with Crippen LogP contribution in [0.3, 0.4) is 0 Å². The van der Waals surface area contributed by atoms with Gasteiger partial charge in [0.1, 0.15) is 5.82 Å². The van der Waals surface area contributed by atoms with Crippen LogP contribution >= 0.6 is 0 Å². The van der Waals surface area contributed by atoms with Gasteiger partial charge in [-0.05, 0) is 18.1 Å². The lowest BCUT2D eigenvalue weighted by atomic mass is 9.96. The van der Waals surface area contributed by atoms with Crippen molar-refractivity contribution in [3.8, 4) is 0 Å². The maximum atomic E-state index is 11.8. The second-order valence-corrected chi connectivity index (χ2v) is 5.31. The Morgan fingerprint density at radius 3 is 2.44 bits per heavy atom. The Balaban J connectivity index is 2.83. The summed E-state index contributed by atoms with van der Waals surface area (Å²) < 4.78 is 0. The second-order valence-electron chi connectivity index (χ2n) is 5.31. The molecule has 0 aliphatic carbocycles. The van der Waals surface area contributed by atoms with Gasteiger partial charge in [0.2, 0.25) is 5.91 Å². The van der Waals surface area contributed by atoms with Crippen LogP contribution in [0.15, 0.2) is 18.2 Å². The van der Waals surface area contributed by atoms with Crippen molar-refractivity contribution in [1.29, 1.82) is 0 Å². The molecule has 0 atom stereocenters. The average Bonchev–Trinajstić information content (AvgIpc) is 2.16. The zero-order chi connectivity index (χ0) is 12.3. The van der Waals surface area contributed by atoms with Crippen LogP contribution in [0, 0.1) is 5.41 Å². The number of hydrogen-bond donors (Lipinski definition) is 1. The molecule has 0 aromatic carbocycles. The fourth-order valence-corrected chi connectivity index (χ4v) is 1.15. The monoisotopic (exact) mass is 220 g/mol. The van der Waals surface area contributed by atoms with E-state index >= 15 is 0 Å². The van der Waals surface area contributed by atoms with E-state index in [4.69, 9.17) is 0 Å². The Labute approximate surface area is 97.3 Å². The van der Waals surface area contributed by atoms with Crippen molar-refractivity contribution >= 4 is 11.7 Å². The zero-order valence-corrected chi connectivity index (χ0v) is 10.7. The standard InChI is InChI=1S/C13H20N2O/c1-9(2)10-7-6-8-11(14-10)15-12(16)13(3,4)5/h6-9H,1-5H3,(H,14,15,16). The quantitative estimate of drug-likeness (QED) is 0.831. The molecule has 1 N–H and O–H groups in total. The smallest absolute Gasteiger partial charge is 0.230 e. The predicted molar refractivity (Wildman–Crippen MR) is 66.4 cm³/mol. The average molecular weight is 220 g/mol. The number of carbonyl (C=O) groups is 1. The Morgan fingerprint density at radius 2 is 1.94 bits per heavy atom. The molecule has 1 aromatic heterocycles. The lowest BCUT2D eigenvalue weighted by Gasteiger charge is -2.17. The summed E-state index contributed by atoms with van der Waals surface area (Å²) in [5.41, 5.74) is 0.599. The molecule has 88 valence electrons. The second kappa shape index (κ2) is 4.64. The van der Waals surface area contributed by atoms with E-state index in [0.29, 0.717) is 11.7 Å². The van der Waals surface area contributed by atoms with Crippen molar-refractivity contribution in [2.45, 2.75) is 40.5 Å². The van der Waals surface area contributed by atoms with Crippen LogP contribution in [-0.4, -0.2) is 10.9 Å². The summed E-state index contributed by atoms with van der Waals surface area (Å²) in [6, 6.07) is 5.70. The number of rotatable bonds is 2. The minimum atomic E-state index is -0.393. The SMILES string of the molecule is CC(C)c1cccc(NC(=O)C(C)(C)C)n1. The lowest BCUT2D eigenvalue weighted by molar-refractivity contribution is -0.123. The van der Waals surface area contributed by atoms with E-state index in [1.807, 2.05) is 39.0 Å². The first kappa shape index (κ1) is 12.7.